The largest absolute Gasteiger partial charge is 0.429 e. The number of aliphatic hydroxyl groups excluding tert-OH is 1. The summed E-state index contributed by atoms with van der Waals surface area (Å²) in [5, 5.41) is 9.48. The Labute approximate surface area is 144 Å². The van der Waals surface area contributed by atoms with Crippen molar-refractivity contribution in [2.24, 2.45) is 0 Å². The van der Waals surface area contributed by atoms with E-state index in [9.17, 15) is 14.7 Å². The summed E-state index contributed by atoms with van der Waals surface area (Å²) in [6.45, 7) is 6.32. The van der Waals surface area contributed by atoms with Gasteiger partial charge in [0.25, 0.3) is 0 Å². The lowest BCUT2D eigenvalue weighted by Gasteiger charge is -2.06. The molecule has 1 N–H and O–H groups in total. The topological polar surface area (TPSA) is 63.6 Å². The fraction of sp³-hybridized carbons (Fsp3) is 0.500. The van der Waals surface area contributed by atoms with E-state index < -0.39 is 12.3 Å². The molecule has 0 radical (unpaired) electrons. The zero-order valence-electron chi connectivity index (χ0n) is 14.9. The highest BCUT2D eigenvalue weighted by Crippen LogP contribution is 2.19. The van der Waals surface area contributed by atoms with Crippen LogP contribution in [0, 0.1) is 0 Å². The van der Waals surface area contributed by atoms with Crippen LogP contribution in [-0.2, 0) is 14.3 Å². The van der Waals surface area contributed by atoms with Crippen molar-refractivity contribution in [2.75, 3.05) is 0 Å². The molecule has 0 spiro atoms. The Kier molecular flexibility index (Phi) is 9.02. The fourth-order valence-electron chi connectivity index (χ4n) is 2.45. The number of cyclic esters (lactones) is 1. The Morgan fingerprint density at radius 3 is 2.42 bits per heavy atom. The van der Waals surface area contributed by atoms with Crippen molar-refractivity contribution in [1.82, 2.24) is 0 Å². The maximum Gasteiger partial charge on any atom is 0.333 e. The summed E-state index contributed by atoms with van der Waals surface area (Å²) in [6.07, 6.45) is 12.1. The number of allylic oxidation sites excluding steroid dienone is 6. The second kappa shape index (κ2) is 10.8. The van der Waals surface area contributed by atoms with E-state index in [-0.39, 0.29) is 0 Å². The number of rotatable bonds is 10. The van der Waals surface area contributed by atoms with Crippen molar-refractivity contribution in [3.05, 3.63) is 46.6 Å². The predicted octanol–water partition coefficient (Wildman–Crippen LogP) is 4.17. The van der Waals surface area contributed by atoms with Crippen molar-refractivity contribution in [3.63, 3.8) is 0 Å². The van der Waals surface area contributed by atoms with Gasteiger partial charge in [0.2, 0.25) is 6.29 Å². The smallest absolute Gasteiger partial charge is 0.333 e. The third kappa shape index (κ3) is 8.06. The number of carbonyl (C=O) groups excluding carboxylic acids is 2. The number of aldehydes is 1. The lowest BCUT2D eigenvalue weighted by atomic mass is 10.0. The van der Waals surface area contributed by atoms with E-state index in [2.05, 4.69) is 37.7 Å². The third-order valence-corrected chi connectivity index (χ3v) is 3.86. The van der Waals surface area contributed by atoms with Gasteiger partial charge < -0.3 is 9.84 Å². The molecule has 4 nitrogen and oxygen atoms in total. The van der Waals surface area contributed by atoms with E-state index in [4.69, 9.17) is 0 Å². The third-order valence-electron chi connectivity index (χ3n) is 3.86. The van der Waals surface area contributed by atoms with Crippen LogP contribution in [0.15, 0.2) is 46.6 Å². The number of carbonyl (C=O) groups is 2. The molecular weight excluding hydrogens is 304 g/mol. The van der Waals surface area contributed by atoms with Crippen molar-refractivity contribution >= 4 is 12.3 Å². The molecule has 0 aromatic carbocycles. The molecule has 1 unspecified atom stereocenters. The van der Waals surface area contributed by atoms with Crippen LogP contribution in [0.2, 0.25) is 0 Å². The minimum Gasteiger partial charge on any atom is -0.429 e. The van der Waals surface area contributed by atoms with E-state index in [1.54, 1.807) is 0 Å². The van der Waals surface area contributed by atoms with Crippen LogP contribution >= 0.6 is 0 Å². The number of hydrogen-bond acceptors (Lipinski definition) is 4. The first-order chi connectivity index (χ1) is 11.4. The van der Waals surface area contributed by atoms with Gasteiger partial charge in [-0.05, 0) is 64.9 Å². The average molecular weight is 332 g/mol. The molecule has 1 heterocycles. The summed E-state index contributed by atoms with van der Waals surface area (Å²) in [4.78, 5) is 22.1. The van der Waals surface area contributed by atoms with Gasteiger partial charge in [0.15, 0.2) is 0 Å². The molecule has 0 fully saturated rings. The molecule has 1 atom stereocenters. The molecule has 132 valence electrons. The molecule has 0 aromatic rings. The second-order valence-electron chi connectivity index (χ2n) is 6.35. The van der Waals surface area contributed by atoms with Crippen molar-refractivity contribution in [1.29, 1.82) is 0 Å². The van der Waals surface area contributed by atoms with E-state index in [0.717, 1.165) is 31.1 Å². The summed E-state index contributed by atoms with van der Waals surface area (Å²) in [5.41, 5.74) is 4.00. The van der Waals surface area contributed by atoms with Crippen molar-refractivity contribution < 1.29 is 19.4 Å². The number of ether oxygens (including phenoxy) is 1. The average Bonchev–Trinajstić information content (AvgIpc) is 2.83. The Bertz CT molecular complexity index is 560. The molecule has 4 heteroatoms. The zero-order chi connectivity index (χ0) is 17.9. The Morgan fingerprint density at radius 1 is 1.12 bits per heavy atom. The Balaban J connectivity index is 2.36. The minimum atomic E-state index is -1.13. The van der Waals surface area contributed by atoms with Gasteiger partial charge in [-0.25, -0.2) is 4.79 Å². The van der Waals surface area contributed by atoms with Gasteiger partial charge >= 0.3 is 5.97 Å². The van der Waals surface area contributed by atoms with Crippen LogP contribution < -0.4 is 0 Å². The van der Waals surface area contributed by atoms with Crippen LogP contribution in [0.4, 0.5) is 0 Å². The molecule has 0 aliphatic carbocycles. The van der Waals surface area contributed by atoms with Gasteiger partial charge in [-0.1, -0.05) is 29.4 Å². The number of hydrogen-bond donors (Lipinski definition) is 1. The van der Waals surface area contributed by atoms with Crippen LogP contribution in [0.1, 0.15) is 59.3 Å². The molecule has 24 heavy (non-hydrogen) atoms. The van der Waals surface area contributed by atoms with Gasteiger partial charge in [-0.15, -0.1) is 0 Å². The SMILES string of the molecule is CC(C)=CCC/C(C)=C/CCC(C=O)=CCCC1=CC(=O)OC1O. The second-order valence-corrected chi connectivity index (χ2v) is 6.35. The molecule has 0 aromatic heterocycles. The first kappa shape index (κ1) is 20.1. The molecule has 0 saturated carbocycles. The van der Waals surface area contributed by atoms with Crippen LogP contribution in [0.3, 0.4) is 0 Å². The van der Waals surface area contributed by atoms with Crippen LogP contribution in [0.5, 0.6) is 0 Å². The zero-order valence-corrected chi connectivity index (χ0v) is 14.9. The molecule has 1 aliphatic heterocycles. The van der Waals surface area contributed by atoms with Gasteiger partial charge in [0, 0.05) is 11.6 Å². The normalized spacial score (nSPS) is 18.2. The highest BCUT2D eigenvalue weighted by molar-refractivity contribution is 5.85. The predicted molar refractivity (Wildman–Crippen MR) is 95.2 cm³/mol. The van der Waals surface area contributed by atoms with Crippen molar-refractivity contribution in [3.8, 4) is 0 Å². The Hall–Kier alpha value is -1.94. The molecule has 0 bridgehead atoms. The van der Waals surface area contributed by atoms with Gasteiger partial charge in [0.1, 0.15) is 6.29 Å². The first-order valence-electron chi connectivity index (χ1n) is 8.44. The van der Waals surface area contributed by atoms with E-state index in [1.165, 1.54) is 17.2 Å². The summed E-state index contributed by atoms with van der Waals surface area (Å²) < 4.78 is 4.62. The van der Waals surface area contributed by atoms with E-state index in [0.29, 0.717) is 24.8 Å². The van der Waals surface area contributed by atoms with E-state index >= 15 is 0 Å². The lowest BCUT2D eigenvalue weighted by Crippen LogP contribution is -2.09. The van der Waals surface area contributed by atoms with Crippen LogP contribution in [-0.4, -0.2) is 23.7 Å². The molecule has 1 aliphatic rings. The maximum absolute atomic E-state index is 11.1. The van der Waals surface area contributed by atoms with Gasteiger partial charge in [0.05, 0.1) is 0 Å². The standard InChI is InChI=1S/C20H28O4/c1-15(2)7-4-8-16(3)9-5-10-17(14-21)11-6-12-18-13-19(22)24-20(18)23/h7,9,11,13-14,20,23H,4-6,8,10,12H2,1-3H3/b16-9+,17-11?. The summed E-state index contributed by atoms with van der Waals surface area (Å²) in [7, 11) is 0. The lowest BCUT2D eigenvalue weighted by molar-refractivity contribution is -0.151. The quantitative estimate of drug-likeness (QED) is 0.282. The molecule has 0 amide bonds. The summed E-state index contributed by atoms with van der Waals surface area (Å²) in [5.74, 6) is -0.509. The molecule has 0 saturated heterocycles. The Morgan fingerprint density at radius 2 is 1.83 bits per heavy atom. The monoisotopic (exact) mass is 332 g/mol. The number of esters is 1. The summed E-state index contributed by atoms with van der Waals surface area (Å²) >= 11 is 0. The molecular formula is C20H28O4. The van der Waals surface area contributed by atoms with Gasteiger partial charge in [-0.3, -0.25) is 4.79 Å². The van der Waals surface area contributed by atoms with Gasteiger partial charge in [-0.2, -0.15) is 0 Å². The fourth-order valence-corrected chi connectivity index (χ4v) is 2.45. The van der Waals surface area contributed by atoms with E-state index in [1.807, 2.05) is 6.08 Å². The van der Waals surface area contributed by atoms with Crippen LogP contribution in [0.25, 0.3) is 0 Å². The first-order valence-corrected chi connectivity index (χ1v) is 8.44. The number of aliphatic hydroxyl groups is 1. The van der Waals surface area contributed by atoms with Crippen molar-refractivity contribution in [2.45, 2.75) is 65.6 Å². The highest BCUT2D eigenvalue weighted by Gasteiger charge is 2.22. The maximum atomic E-state index is 11.1. The summed E-state index contributed by atoms with van der Waals surface area (Å²) in [6, 6.07) is 0. The highest BCUT2D eigenvalue weighted by atomic mass is 16.6. The molecule has 1 rings (SSSR count). The minimum absolute atomic E-state index is 0.509.